The van der Waals surface area contributed by atoms with E-state index in [1.165, 1.54) is 0 Å². The molecule has 1 aromatic carbocycles. The van der Waals surface area contributed by atoms with Crippen LogP contribution in [0.2, 0.25) is 0 Å². The third kappa shape index (κ3) is 2.16. The number of carbonyl (C=O) groups excluding carboxylic acids is 2. The predicted molar refractivity (Wildman–Crippen MR) is 67.3 cm³/mol. The van der Waals surface area contributed by atoms with Gasteiger partial charge in [0.1, 0.15) is 17.8 Å². The van der Waals surface area contributed by atoms with Gasteiger partial charge in [-0.05, 0) is 38.1 Å². The Kier molecular flexibility index (Phi) is 2.98. The highest BCUT2D eigenvalue weighted by molar-refractivity contribution is 6.08. The number of hydrogen-bond acceptors (Lipinski definition) is 3. The van der Waals surface area contributed by atoms with Crippen LogP contribution in [0.5, 0.6) is 5.75 Å². The second-order valence-electron chi connectivity index (χ2n) is 4.71. The Labute approximate surface area is 106 Å². The topological polar surface area (TPSA) is 58.6 Å². The molecule has 1 aliphatic heterocycles. The summed E-state index contributed by atoms with van der Waals surface area (Å²) in [4.78, 5) is 25.0. The molecule has 5 nitrogen and oxygen atoms in total. The molecule has 1 aliphatic rings. The van der Waals surface area contributed by atoms with Crippen LogP contribution in [0.15, 0.2) is 24.3 Å². The summed E-state index contributed by atoms with van der Waals surface area (Å²) in [6.45, 7) is 3.60. The summed E-state index contributed by atoms with van der Waals surface area (Å²) in [6.07, 6.45) is -0.116. The van der Waals surface area contributed by atoms with Gasteiger partial charge in [0.15, 0.2) is 0 Å². The Balaban J connectivity index is 2.34. The lowest BCUT2D eigenvalue weighted by atomic mass is 10.1. The molecular weight excluding hydrogens is 232 g/mol. The maximum absolute atomic E-state index is 12.0. The standard InChI is InChI=1S/C13H16N2O3/c1-13(2)14-11(16)8-12(17)15(13)9-4-6-10(18-3)7-5-9/h4-7H,8H2,1-3H3,(H,14,16). The second kappa shape index (κ2) is 4.33. The number of hydrogen-bond donors (Lipinski definition) is 1. The van der Waals surface area contributed by atoms with E-state index in [2.05, 4.69) is 5.32 Å². The minimum atomic E-state index is -0.721. The van der Waals surface area contributed by atoms with Gasteiger partial charge in [-0.15, -0.1) is 0 Å². The monoisotopic (exact) mass is 248 g/mol. The molecule has 0 atom stereocenters. The number of methoxy groups -OCH3 is 1. The van der Waals surface area contributed by atoms with Crippen LogP contribution in [-0.4, -0.2) is 24.6 Å². The minimum absolute atomic E-state index is 0.116. The number of anilines is 1. The average molecular weight is 248 g/mol. The Morgan fingerprint density at radius 3 is 2.33 bits per heavy atom. The van der Waals surface area contributed by atoms with Crippen molar-refractivity contribution >= 4 is 17.5 Å². The van der Waals surface area contributed by atoms with Crippen molar-refractivity contribution in [3.05, 3.63) is 24.3 Å². The number of amides is 2. The SMILES string of the molecule is COc1ccc(N2C(=O)CC(=O)NC2(C)C)cc1. The molecule has 2 amide bonds. The smallest absolute Gasteiger partial charge is 0.238 e. The highest BCUT2D eigenvalue weighted by Crippen LogP contribution is 2.27. The Bertz CT molecular complexity index is 480. The molecule has 1 fully saturated rings. The normalized spacial score (nSPS) is 18.5. The summed E-state index contributed by atoms with van der Waals surface area (Å²) < 4.78 is 5.08. The lowest BCUT2D eigenvalue weighted by Gasteiger charge is -2.42. The van der Waals surface area contributed by atoms with E-state index in [4.69, 9.17) is 4.74 Å². The number of benzene rings is 1. The van der Waals surface area contributed by atoms with Crippen LogP contribution in [0.3, 0.4) is 0 Å². The third-order valence-electron chi connectivity index (χ3n) is 2.90. The molecule has 5 heteroatoms. The fourth-order valence-electron chi connectivity index (χ4n) is 2.17. The van der Waals surface area contributed by atoms with E-state index >= 15 is 0 Å². The molecule has 2 rings (SSSR count). The fourth-order valence-corrected chi connectivity index (χ4v) is 2.17. The Hall–Kier alpha value is -2.04. The van der Waals surface area contributed by atoms with Gasteiger partial charge in [-0.3, -0.25) is 14.5 Å². The van der Waals surface area contributed by atoms with Gasteiger partial charge in [0.05, 0.1) is 7.11 Å². The molecule has 0 saturated carbocycles. The van der Waals surface area contributed by atoms with Crippen LogP contribution < -0.4 is 15.0 Å². The van der Waals surface area contributed by atoms with Crippen LogP contribution in [0, 0.1) is 0 Å². The predicted octanol–water partition coefficient (Wildman–Crippen LogP) is 1.28. The molecular formula is C13H16N2O3. The average Bonchev–Trinajstić information content (AvgIpc) is 2.27. The quantitative estimate of drug-likeness (QED) is 0.802. The Morgan fingerprint density at radius 2 is 1.83 bits per heavy atom. The second-order valence-corrected chi connectivity index (χ2v) is 4.71. The summed E-state index contributed by atoms with van der Waals surface area (Å²) in [5.74, 6) is 0.286. The molecule has 1 saturated heterocycles. The first-order valence-corrected chi connectivity index (χ1v) is 5.72. The summed E-state index contributed by atoms with van der Waals surface area (Å²) in [6, 6.07) is 7.18. The van der Waals surface area contributed by atoms with E-state index < -0.39 is 5.66 Å². The fraction of sp³-hybridized carbons (Fsp3) is 0.385. The summed E-state index contributed by atoms with van der Waals surface area (Å²) in [5, 5.41) is 2.80. The van der Waals surface area contributed by atoms with Crippen molar-refractivity contribution in [2.24, 2.45) is 0 Å². The third-order valence-corrected chi connectivity index (χ3v) is 2.90. The van der Waals surface area contributed by atoms with Gasteiger partial charge in [0.2, 0.25) is 11.8 Å². The van der Waals surface area contributed by atoms with E-state index in [-0.39, 0.29) is 18.2 Å². The van der Waals surface area contributed by atoms with Crippen LogP contribution in [0.1, 0.15) is 20.3 Å². The molecule has 0 radical (unpaired) electrons. The van der Waals surface area contributed by atoms with Crippen molar-refractivity contribution in [2.75, 3.05) is 12.0 Å². The van der Waals surface area contributed by atoms with E-state index in [0.29, 0.717) is 0 Å². The maximum Gasteiger partial charge on any atom is 0.238 e. The summed E-state index contributed by atoms with van der Waals surface area (Å²) >= 11 is 0. The first kappa shape index (κ1) is 12.4. The maximum atomic E-state index is 12.0. The minimum Gasteiger partial charge on any atom is -0.497 e. The molecule has 96 valence electrons. The van der Waals surface area contributed by atoms with Crippen molar-refractivity contribution in [3.63, 3.8) is 0 Å². The molecule has 0 aromatic heterocycles. The van der Waals surface area contributed by atoms with Crippen molar-refractivity contribution in [3.8, 4) is 5.75 Å². The van der Waals surface area contributed by atoms with Crippen LogP contribution in [0.4, 0.5) is 5.69 Å². The van der Waals surface area contributed by atoms with Crippen molar-refractivity contribution in [2.45, 2.75) is 25.9 Å². The molecule has 0 bridgehead atoms. The molecule has 1 aromatic rings. The van der Waals surface area contributed by atoms with E-state index in [1.807, 2.05) is 0 Å². The molecule has 18 heavy (non-hydrogen) atoms. The summed E-state index contributed by atoms with van der Waals surface area (Å²) in [5.41, 5.74) is 0.0203. The molecule has 0 unspecified atom stereocenters. The lowest BCUT2D eigenvalue weighted by molar-refractivity contribution is -0.133. The van der Waals surface area contributed by atoms with Crippen LogP contribution in [0.25, 0.3) is 0 Å². The van der Waals surface area contributed by atoms with Gasteiger partial charge in [-0.25, -0.2) is 0 Å². The number of rotatable bonds is 2. The van der Waals surface area contributed by atoms with E-state index in [9.17, 15) is 9.59 Å². The molecule has 0 spiro atoms. The zero-order valence-electron chi connectivity index (χ0n) is 10.7. The Morgan fingerprint density at radius 1 is 1.22 bits per heavy atom. The first-order chi connectivity index (χ1) is 8.44. The van der Waals surface area contributed by atoms with E-state index in [0.717, 1.165) is 11.4 Å². The van der Waals surface area contributed by atoms with Gasteiger partial charge in [0.25, 0.3) is 0 Å². The number of nitrogens with one attached hydrogen (secondary N) is 1. The van der Waals surface area contributed by atoms with Gasteiger partial charge in [-0.2, -0.15) is 0 Å². The largest absolute Gasteiger partial charge is 0.497 e. The van der Waals surface area contributed by atoms with Crippen molar-refractivity contribution in [1.82, 2.24) is 5.32 Å². The number of ether oxygens (including phenoxy) is 1. The highest BCUT2D eigenvalue weighted by atomic mass is 16.5. The van der Waals surface area contributed by atoms with Gasteiger partial charge < -0.3 is 10.1 Å². The highest BCUT2D eigenvalue weighted by Gasteiger charge is 2.38. The molecule has 1 heterocycles. The van der Waals surface area contributed by atoms with Crippen LogP contribution >= 0.6 is 0 Å². The number of nitrogens with zero attached hydrogens (tertiary/aromatic N) is 1. The molecule has 0 aliphatic carbocycles. The van der Waals surface area contributed by atoms with Gasteiger partial charge in [-0.1, -0.05) is 0 Å². The van der Waals surface area contributed by atoms with Crippen molar-refractivity contribution < 1.29 is 14.3 Å². The zero-order valence-corrected chi connectivity index (χ0v) is 10.7. The van der Waals surface area contributed by atoms with Crippen LogP contribution in [-0.2, 0) is 9.59 Å². The molecule has 1 N–H and O–H groups in total. The lowest BCUT2D eigenvalue weighted by Crippen LogP contribution is -2.64. The number of carbonyl (C=O) groups is 2. The van der Waals surface area contributed by atoms with Gasteiger partial charge >= 0.3 is 0 Å². The summed E-state index contributed by atoms with van der Waals surface area (Å²) in [7, 11) is 1.59. The zero-order chi connectivity index (χ0) is 13.3. The van der Waals surface area contributed by atoms with Gasteiger partial charge in [0, 0.05) is 5.69 Å². The van der Waals surface area contributed by atoms with E-state index in [1.54, 1.807) is 50.1 Å². The van der Waals surface area contributed by atoms with Crippen molar-refractivity contribution in [1.29, 1.82) is 0 Å². The first-order valence-electron chi connectivity index (χ1n) is 5.72.